The van der Waals surface area contributed by atoms with Crippen molar-refractivity contribution in [1.82, 2.24) is 0 Å². The number of nitrogens with zero attached hydrogens (tertiary/aromatic N) is 1. The number of rotatable bonds is 6. The number of Topliss-reactive ketones (excluding diaryl/α,β-unsaturated/α-hetero) is 1. The molecule has 0 bridgehead atoms. The van der Waals surface area contributed by atoms with Gasteiger partial charge in [-0.15, -0.1) is 0 Å². The number of ketones is 1. The van der Waals surface area contributed by atoms with Gasteiger partial charge < -0.3 is 9.47 Å². The average molecular weight is 339 g/mol. The minimum atomic E-state index is -0.856. The molecule has 2 rings (SSSR count). The van der Waals surface area contributed by atoms with E-state index >= 15 is 0 Å². The number of benzene rings is 1. The molecule has 0 saturated heterocycles. The number of thiophene rings is 1. The van der Waals surface area contributed by atoms with Crippen molar-refractivity contribution in [3.05, 3.63) is 56.7 Å². The van der Waals surface area contributed by atoms with E-state index in [9.17, 15) is 24.1 Å². The summed E-state index contributed by atoms with van der Waals surface area (Å²) >= 11 is 0.642. The number of nitro groups is 1. The van der Waals surface area contributed by atoms with E-state index in [-0.39, 0.29) is 21.2 Å². The fraction of sp³-hybridized carbons (Fsp3) is 0.143. The van der Waals surface area contributed by atoms with Crippen LogP contribution in [0, 0.1) is 15.9 Å². The first-order valence-corrected chi connectivity index (χ1v) is 7.02. The SMILES string of the molecule is COc1ccc(C(=O)COC(=O)c2ccc([N+](=O)[O-])s2)cc1F. The maximum absolute atomic E-state index is 13.5. The largest absolute Gasteiger partial charge is 0.494 e. The maximum atomic E-state index is 13.5. The van der Waals surface area contributed by atoms with Gasteiger partial charge in [0.2, 0.25) is 0 Å². The van der Waals surface area contributed by atoms with Gasteiger partial charge in [-0.05, 0) is 24.3 Å². The molecule has 1 heterocycles. The lowest BCUT2D eigenvalue weighted by atomic mass is 10.1. The van der Waals surface area contributed by atoms with Crippen molar-refractivity contribution in [2.45, 2.75) is 0 Å². The Hall–Kier alpha value is -2.81. The van der Waals surface area contributed by atoms with Crippen molar-refractivity contribution in [2.24, 2.45) is 0 Å². The van der Waals surface area contributed by atoms with Crippen molar-refractivity contribution in [1.29, 1.82) is 0 Å². The van der Waals surface area contributed by atoms with Crippen molar-refractivity contribution in [2.75, 3.05) is 13.7 Å². The monoisotopic (exact) mass is 339 g/mol. The number of hydrogen-bond acceptors (Lipinski definition) is 7. The van der Waals surface area contributed by atoms with Gasteiger partial charge in [-0.2, -0.15) is 0 Å². The molecule has 7 nitrogen and oxygen atoms in total. The van der Waals surface area contributed by atoms with Crippen molar-refractivity contribution in [3.63, 3.8) is 0 Å². The standard InChI is InChI=1S/C14H10FNO6S/c1-21-11-3-2-8(6-9(11)15)10(17)7-22-14(18)12-4-5-13(23-12)16(19)20/h2-6H,7H2,1H3. The van der Waals surface area contributed by atoms with Gasteiger partial charge in [-0.25, -0.2) is 9.18 Å². The molecule has 0 N–H and O–H groups in total. The van der Waals surface area contributed by atoms with Crippen LogP contribution in [0.25, 0.3) is 0 Å². The van der Waals surface area contributed by atoms with Gasteiger partial charge in [0.1, 0.15) is 4.88 Å². The van der Waals surface area contributed by atoms with Crippen LogP contribution in [0.15, 0.2) is 30.3 Å². The molecule has 0 amide bonds. The predicted octanol–water partition coefficient (Wildman–Crippen LogP) is 2.84. The molecule has 0 aliphatic carbocycles. The van der Waals surface area contributed by atoms with Gasteiger partial charge in [-0.3, -0.25) is 14.9 Å². The highest BCUT2D eigenvalue weighted by atomic mass is 32.1. The topological polar surface area (TPSA) is 95.7 Å². The highest BCUT2D eigenvalue weighted by molar-refractivity contribution is 7.17. The summed E-state index contributed by atoms with van der Waals surface area (Å²) in [4.78, 5) is 33.5. The van der Waals surface area contributed by atoms with E-state index < -0.39 is 29.1 Å². The molecule has 0 fully saturated rings. The number of carbonyl (C=O) groups excluding carboxylic acids is 2. The van der Waals surface area contributed by atoms with E-state index in [0.29, 0.717) is 11.3 Å². The Morgan fingerprint density at radius 3 is 2.61 bits per heavy atom. The third-order valence-electron chi connectivity index (χ3n) is 2.78. The van der Waals surface area contributed by atoms with Crippen LogP contribution in [-0.2, 0) is 4.74 Å². The fourth-order valence-corrected chi connectivity index (χ4v) is 2.38. The maximum Gasteiger partial charge on any atom is 0.349 e. The Labute approximate surface area is 133 Å². The minimum absolute atomic E-state index is 0.00501. The van der Waals surface area contributed by atoms with Crippen molar-refractivity contribution >= 4 is 28.1 Å². The Bertz CT molecular complexity index is 772. The highest BCUT2D eigenvalue weighted by Gasteiger charge is 2.18. The van der Waals surface area contributed by atoms with Gasteiger partial charge >= 0.3 is 11.0 Å². The van der Waals surface area contributed by atoms with E-state index in [2.05, 4.69) is 0 Å². The third kappa shape index (κ3) is 3.89. The zero-order chi connectivity index (χ0) is 17.0. The first kappa shape index (κ1) is 16.6. The van der Waals surface area contributed by atoms with Gasteiger partial charge in [0, 0.05) is 11.6 Å². The van der Waals surface area contributed by atoms with Crippen LogP contribution in [0.3, 0.4) is 0 Å². The second-order valence-corrected chi connectivity index (χ2v) is 5.31. The Kier molecular flexibility index (Phi) is 5.02. The van der Waals surface area contributed by atoms with Crippen LogP contribution in [0.5, 0.6) is 5.75 Å². The van der Waals surface area contributed by atoms with E-state index in [1.54, 1.807) is 0 Å². The van der Waals surface area contributed by atoms with Crippen LogP contribution in [-0.4, -0.2) is 30.4 Å². The summed E-state index contributed by atoms with van der Waals surface area (Å²) in [5.41, 5.74) is 0.0215. The summed E-state index contributed by atoms with van der Waals surface area (Å²) in [5, 5.41) is 10.3. The molecule has 1 aromatic carbocycles. The summed E-state index contributed by atoms with van der Waals surface area (Å²) in [6, 6.07) is 6.01. The minimum Gasteiger partial charge on any atom is -0.494 e. The smallest absolute Gasteiger partial charge is 0.349 e. The molecule has 0 radical (unpaired) electrons. The first-order chi connectivity index (χ1) is 10.9. The van der Waals surface area contributed by atoms with Crippen LogP contribution in [0.2, 0.25) is 0 Å². The van der Waals surface area contributed by atoms with Crippen LogP contribution in [0.4, 0.5) is 9.39 Å². The zero-order valence-corrected chi connectivity index (χ0v) is 12.6. The lowest BCUT2D eigenvalue weighted by Gasteiger charge is -2.05. The quantitative estimate of drug-likeness (QED) is 0.347. The summed E-state index contributed by atoms with van der Waals surface area (Å²) in [5.74, 6) is -2.18. The second kappa shape index (κ2) is 6.97. The van der Waals surface area contributed by atoms with E-state index in [1.165, 1.54) is 31.4 Å². The van der Waals surface area contributed by atoms with Crippen molar-refractivity contribution in [3.8, 4) is 5.75 Å². The first-order valence-electron chi connectivity index (χ1n) is 6.20. The fourth-order valence-electron chi connectivity index (χ4n) is 1.66. The molecule has 120 valence electrons. The number of hydrogen-bond donors (Lipinski definition) is 0. The van der Waals surface area contributed by atoms with E-state index in [4.69, 9.17) is 9.47 Å². The summed E-state index contributed by atoms with van der Waals surface area (Å²) in [6.07, 6.45) is 0. The van der Waals surface area contributed by atoms with Gasteiger partial charge in [0.15, 0.2) is 24.0 Å². The normalized spacial score (nSPS) is 10.2. The predicted molar refractivity (Wildman–Crippen MR) is 78.5 cm³/mol. The van der Waals surface area contributed by atoms with Crippen LogP contribution in [0.1, 0.15) is 20.0 Å². The van der Waals surface area contributed by atoms with E-state index in [0.717, 1.165) is 6.07 Å². The van der Waals surface area contributed by atoms with Crippen molar-refractivity contribution < 1.29 is 28.4 Å². The molecular weight excluding hydrogens is 329 g/mol. The molecule has 0 saturated carbocycles. The highest BCUT2D eigenvalue weighted by Crippen LogP contribution is 2.24. The molecule has 23 heavy (non-hydrogen) atoms. The molecule has 0 atom stereocenters. The lowest BCUT2D eigenvalue weighted by molar-refractivity contribution is -0.380. The van der Waals surface area contributed by atoms with E-state index in [1.807, 2.05) is 0 Å². The van der Waals surface area contributed by atoms with Gasteiger partial charge in [0.05, 0.1) is 12.0 Å². The number of esters is 1. The summed E-state index contributed by atoms with van der Waals surface area (Å²) in [6.45, 7) is -0.601. The molecular formula is C14H10FNO6S. The molecule has 0 unspecified atom stereocenters. The Balaban J connectivity index is 1.99. The number of ether oxygens (including phenoxy) is 2. The number of methoxy groups -OCH3 is 1. The Morgan fingerprint density at radius 1 is 1.30 bits per heavy atom. The second-order valence-electron chi connectivity index (χ2n) is 4.24. The number of halogens is 1. The molecule has 9 heteroatoms. The average Bonchev–Trinajstić information content (AvgIpc) is 3.02. The lowest BCUT2D eigenvalue weighted by Crippen LogP contribution is -2.13. The van der Waals surface area contributed by atoms with Gasteiger partial charge in [0.25, 0.3) is 0 Å². The summed E-state index contributed by atoms with van der Waals surface area (Å²) < 4.78 is 23.0. The molecule has 2 aromatic rings. The molecule has 0 spiro atoms. The van der Waals surface area contributed by atoms with Crippen LogP contribution >= 0.6 is 11.3 Å². The third-order valence-corrected chi connectivity index (χ3v) is 3.80. The Morgan fingerprint density at radius 2 is 2.04 bits per heavy atom. The zero-order valence-electron chi connectivity index (χ0n) is 11.8. The number of carbonyl (C=O) groups is 2. The molecule has 0 aliphatic rings. The summed E-state index contributed by atoms with van der Waals surface area (Å²) in [7, 11) is 1.29. The molecule has 0 aliphatic heterocycles. The molecule has 1 aromatic heterocycles. The van der Waals surface area contributed by atoms with Gasteiger partial charge in [-0.1, -0.05) is 11.3 Å². The van der Waals surface area contributed by atoms with Crippen LogP contribution < -0.4 is 4.74 Å².